The molecule has 0 saturated carbocycles. The van der Waals surface area contributed by atoms with Gasteiger partial charge in [-0.2, -0.15) is 5.10 Å². The molecule has 3 nitrogen and oxygen atoms in total. The molecule has 0 saturated heterocycles. The van der Waals surface area contributed by atoms with Crippen molar-refractivity contribution in [3.05, 3.63) is 54.3 Å². The second-order valence-electron chi connectivity index (χ2n) is 3.98. The van der Waals surface area contributed by atoms with E-state index in [1.54, 1.807) is 18.5 Å². The highest BCUT2D eigenvalue weighted by molar-refractivity contribution is 5.76. The fraction of sp³-hybridized carbons (Fsp3) is 0.143. The summed E-state index contributed by atoms with van der Waals surface area (Å²) in [6.45, 7) is 3.32. The van der Waals surface area contributed by atoms with E-state index < -0.39 is 0 Å². The Morgan fingerprint density at radius 1 is 1.28 bits per heavy atom. The maximum absolute atomic E-state index is 12.7. The lowest BCUT2D eigenvalue weighted by Crippen LogP contribution is -1.87. The van der Waals surface area contributed by atoms with Gasteiger partial charge in [0, 0.05) is 11.8 Å². The fourth-order valence-electron chi connectivity index (χ4n) is 1.63. The first-order valence-electron chi connectivity index (χ1n) is 5.64. The molecule has 0 amide bonds. The number of hydrogen-bond donors (Lipinski definition) is 1. The number of hydrogen-bond acceptors (Lipinski definition) is 2. The van der Waals surface area contributed by atoms with Gasteiger partial charge in [-0.1, -0.05) is 12.1 Å². The van der Waals surface area contributed by atoms with E-state index in [0.29, 0.717) is 0 Å². The lowest BCUT2D eigenvalue weighted by molar-refractivity contribution is 0.641. The monoisotopic (exact) mass is 243 g/mol. The molecule has 0 atom stereocenters. The number of pyridine rings is 1. The summed E-state index contributed by atoms with van der Waals surface area (Å²) in [5.74, 6) is -0.228. The van der Waals surface area contributed by atoms with Gasteiger partial charge in [0.25, 0.3) is 0 Å². The third kappa shape index (κ3) is 2.71. The molecule has 1 N–H and O–H groups in total. The minimum Gasteiger partial charge on any atom is -0.277 e. The minimum atomic E-state index is -0.228. The predicted octanol–water partition coefficient (Wildman–Crippen LogP) is 3.75. The lowest BCUT2D eigenvalue weighted by atomic mass is 10.1. The molecule has 0 unspecified atom stereocenters. The molecule has 0 bridgehead atoms. The molecule has 2 heterocycles. The van der Waals surface area contributed by atoms with E-state index in [4.69, 9.17) is 0 Å². The predicted molar refractivity (Wildman–Crippen MR) is 70.3 cm³/mol. The highest BCUT2D eigenvalue weighted by atomic mass is 19.1. The van der Waals surface area contributed by atoms with Crippen molar-refractivity contribution in [1.82, 2.24) is 15.2 Å². The summed E-state index contributed by atoms with van der Waals surface area (Å²) in [4.78, 5) is 4.28. The molecule has 0 spiro atoms. The van der Waals surface area contributed by atoms with Gasteiger partial charge in [-0.3, -0.25) is 10.1 Å². The van der Waals surface area contributed by atoms with E-state index in [1.165, 1.54) is 13.0 Å². The first-order valence-corrected chi connectivity index (χ1v) is 5.64. The average Bonchev–Trinajstić information content (AvgIpc) is 2.86. The van der Waals surface area contributed by atoms with Crippen molar-refractivity contribution in [3.8, 4) is 11.3 Å². The molecule has 2 aromatic heterocycles. The molecule has 0 aliphatic carbocycles. The van der Waals surface area contributed by atoms with Crippen LogP contribution in [-0.4, -0.2) is 15.2 Å². The van der Waals surface area contributed by atoms with Crippen molar-refractivity contribution >= 4 is 5.57 Å². The Hall–Kier alpha value is -2.23. The molecule has 0 aliphatic heterocycles. The minimum absolute atomic E-state index is 0.228. The summed E-state index contributed by atoms with van der Waals surface area (Å²) in [5, 5.41) is 6.94. The van der Waals surface area contributed by atoms with Crippen molar-refractivity contribution in [2.24, 2.45) is 0 Å². The van der Waals surface area contributed by atoms with E-state index in [2.05, 4.69) is 15.2 Å². The number of allylic oxidation sites excluding steroid dienone is 4. The van der Waals surface area contributed by atoms with Crippen LogP contribution in [0.4, 0.5) is 4.39 Å². The molecule has 0 radical (unpaired) electrons. The van der Waals surface area contributed by atoms with Crippen LogP contribution in [0.2, 0.25) is 0 Å². The van der Waals surface area contributed by atoms with E-state index >= 15 is 0 Å². The van der Waals surface area contributed by atoms with Gasteiger partial charge >= 0.3 is 0 Å². The topological polar surface area (TPSA) is 41.6 Å². The molecule has 2 rings (SSSR count). The van der Waals surface area contributed by atoms with Crippen LogP contribution in [0.1, 0.15) is 19.5 Å². The molecular weight excluding hydrogens is 229 g/mol. The maximum Gasteiger partial charge on any atom is 0.0968 e. The standard InChI is InChI=1S/C14H14FN3/c1-10(6-7-11(2)15)14-12(9-17-18-14)13-5-3-4-8-16-13/h3-9H,1-2H3,(H,17,18)/b10-6+,11-7+. The van der Waals surface area contributed by atoms with Gasteiger partial charge < -0.3 is 0 Å². The van der Waals surface area contributed by atoms with E-state index in [-0.39, 0.29) is 5.83 Å². The van der Waals surface area contributed by atoms with Crippen molar-refractivity contribution in [1.29, 1.82) is 0 Å². The molecule has 2 aromatic rings. The van der Waals surface area contributed by atoms with Crippen molar-refractivity contribution in [2.45, 2.75) is 13.8 Å². The number of rotatable bonds is 3. The number of nitrogens with one attached hydrogen (secondary N) is 1. The zero-order valence-electron chi connectivity index (χ0n) is 10.3. The second-order valence-corrected chi connectivity index (χ2v) is 3.98. The van der Waals surface area contributed by atoms with Gasteiger partial charge in [0.1, 0.15) is 0 Å². The van der Waals surface area contributed by atoms with Crippen LogP contribution in [-0.2, 0) is 0 Å². The van der Waals surface area contributed by atoms with Crippen LogP contribution < -0.4 is 0 Å². The Morgan fingerprint density at radius 2 is 2.11 bits per heavy atom. The summed E-state index contributed by atoms with van der Waals surface area (Å²) in [6.07, 6.45) is 6.60. The molecule has 4 heteroatoms. The maximum atomic E-state index is 12.7. The zero-order valence-corrected chi connectivity index (χ0v) is 10.3. The van der Waals surface area contributed by atoms with E-state index in [9.17, 15) is 4.39 Å². The second kappa shape index (κ2) is 5.40. The lowest BCUT2D eigenvalue weighted by Gasteiger charge is -2.02. The first-order chi connectivity index (χ1) is 8.68. The van der Waals surface area contributed by atoms with Crippen molar-refractivity contribution < 1.29 is 4.39 Å². The largest absolute Gasteiger partial charge is 0.277 e. The number of aromatic amines is 1. The van der Waals surface area contributed by atoms with Crippen molar-refractivity contribution in [3.63, 3.8) is 0 Å². The van der Waals surface area contributed by atoms with Crippen LogP contribution >= 0.6 is 0 Å². The van der Waals surface area contributed by atoms with Crippen LogP contribution in [0, 0.1) is 0 Å². The Bertz CT molecular complexity index is 578. The Labute approximate surface area is 105 Å². The SMILES string of the molecule is C/C(F)=C\C=C(/C)c1[nH]ncc1-c1ccccn1. The summed E-state index contributed by atoms with van der Waals surface area (Å²) in [5.41, 5.74) is 3.51. The number of nitrogens with zero attached hydrogens (tertiary/aromatic N) is 2. The van der Waals surface area contributed by atoms with Gasteiger partial charge in [0.2, 0.25) is 0 Å². The molecule has 0 aromatic carbocycles. The fourth-order valence-corrected chi connectivity index (χ4v) is 1.63. The van der Waals surface area contributed by atoms with Crippen LogP contribution in [0.3, 0.4) is 0 Å². The quantitative estimate of drug-likeness (QED) is 0.834. The Balaban J connectivity index is 2.40. The Morgan fingerprint density at radius 3 is 2.78 bits per heavy atom. The van der Waals surface area contributed by atoms with Crippen LogP contribution in [0.25, 0.3) is 16.8 Å². The van der Waals surface area contributed by atoms with Gasteiger partial charge in [-0.05, 0) is 37.6 Å². The molecule has 92 valence electrons. The summed E-state index contributed by atoms with van der Waals surface area (Å²) < 4.78 is 12.7. The number of H-pyrrole nitrogens is 1. The van der Waals surface area contributed by atoms with Crippen LogP contribution in [0.5, 0.6) is 0 Å². The highest BCUT2D eigenvalue weighted by Crippen LogP contribution is 2.25. The third-order valence-electron chi connectivity index (χ3n) is 2.54. The van der Waals surface area contributed by atoms with Gasteiger partial charge in [0.05, 0.1) is 23.4 Å². The highest BCUT2D eigenvalue weighted by Gasteiger charge is 2.09. The summed E-state index contributed by atoms with van der Waals surface area (Å²) in [7, 11) is 0. The normalized spacial score (nSPS) is 12.8. The third-order valence-corrected chi connectivity index (χ3v) is 2.54. The number of halogens is 1. The number of aromatic nitrogens is 3. The average molecular weight is 243 g/mol. The molecule has 0 fully saturated rings. The smallest absolute Gasteiger partial charge is 0.0968 e. The summed E-state index contributed by atoms with van der Waals surface area (Å²) >= 11 is 0. The van der Waals surface area contributed by atoms with Crippen molar-refractivity contribution in [2.75, 3.05) is 0 Å². The molecular formula is C14H14FN3. The summed E-state index contributed by atoms with van der Waals surface area (Å²) in [6, 6.07) is 5.70. The van der Waals surface area contributed by atoms with Gasteiger partial charge in [-0.25, -0.2) is 4.39 Å². The first kappa shape index (κ1) is 12.2. The van der Waals surface area contributed by atoms with E-state index in [1.807, 2.05) is 25.1 Å². The molecule has 18 heavy (non-hydrogen) atoms. The Kier molecular flexibility index (Phi) is 3.67. The zero-order chi connectivity index (χ0) is 13.0. The van der Waals surface area contributed by atoms with E-state index in [0.717, 1.165) is 22.5 Å². The van der Waals surface area contributed by atoms with Gasteiger partial charge in [0.15, 0.2) is 0 Å². The van der Waals surface area contributed by atoms with Crippen LogP contribution in [0.15, 0.2) is 48.6 Å². The molecule has 0 aliphatic rings. The van der Waals surface area contributed by atoms with Gasteiger partial charge in [-0.15, -0.1) is 0 Å².